The largest absolute Gasteiger partial charge is 0.368 e. The van der Waals surface area contributed by atoms with Crippen LogP contribution in [0.3, 0.4) is 0 Å². The van der Waals surface area contributed by atoms with E-state index < -0.39 is 0 Å². The highest BCUT2D eigenvalue weighted by molar-refractivity contribution is 5.88. The van der Waals surface area contributed by atoms with Gasteiger partial charge in [-0.05, 0) is 45.6 Å². The van der Waals surface area contributed by atoms with Gasteiger partial charge in [0.2, 0.25) is 5.91 Å². The van der Waals surface area contributed by atoms with Crippen molar-refractivity contribution in [1.29, 1.82) is 0 Å². The molecule has 0 atom stereocenters. The Hall–Kier alpha value is -1.81. The topological polar surface area (TPSA) is 26.8 Å². The van der Waals surface area contributed by atoms with Gasteiger partial charge in [-0.1, -0.05) is 17.7 Å². The van der Waals surface area contributed by atoms with Crippen LogP contribution in [-0.4, -0.2) is 56.0 Å². The monoisotopic (exact) mass is 301 g/mol. The molecule has 1 saturated heterocycles. The van der Waals surface area contributed by atoms with Crippen molar-refractivity contribution in [1.82, 2.24) is 9.80 Å². The number of rotatable bonds is 4. The van der Waals surface area contributed by atoms with E-state index in [-0.39, 0.29) is 5.91 Å². The van der Waals surface area contributed by atoms with Gasteiger partial charge in [0.25, 0.3) is 0 Å². The van der Waals surface area contributed by atoms with Crippen LogP contribution in [-0.2, 0) is 11.3 Å². The van der Waals surface area contributed by atoms with Crippen molar-refractivity contribution in [3.8, 4) is 0 Å². The lowest BCUT2D eigenvalue weighted by Gasteiger charge is -2.36. The lowest BCUT2D eigenvalue weighted by molar-refractivity contribution is -0.126. The highest BCUT2D eigenvalue weighted by atomic mass is 16.2. The number of allylic oxidation sites excluding steroid dienone is 1. The van der Waals surface area contributed by atoms with E-state index in [1.807, 2.05) is 18.7 Å². The molecule has 1 aromatic rings. The molecule has 1 aromatic carbocycles. The van der Waals surface area contributed by atoms with Crippen molar-refractivity contribution in [2.75, 3.05) is 45.2 Å². The summed E-state index contributed by atoms with van der Waals surface area (Å²) in [5.41, 5.74) is 3.64. The third kappa shape index (κ3) is 4.60. The van der Waals surface area contributed by atoms with Gasteiger partial charge in [-0.15, -0.1) is 0 Å². The van der Waals surface area contributed by atoms with E-state index in [9.17, 15) is 4.79 Å². The van der Waals surface area contributed by atoms with Crippen LogP contribution in [0, 0.1) is 0 Å². The van der Waals surface area contributed by atoms with Gasteiger partial charge < -0.3 is 14.7 Å². The number of carbonyl (C=O) groups is 1. The van der Waals surface area contributed by atoms with E-state index in [0.717, 1.165) is 38.3 Å². The molecule has 2 rings (SSSR count). The summed E-state index contributed by atoms with van der Waals surface area (Å²) in [4.78, 5) is 18.5. The minimum Gasteiger partial charge on any atom is -0.368 e. The summed E-state index contributed by atoms with van der Waals surface area (Å²) in [6.07, 6.45) is 1.73. The van der Waals surface area contributed by atoms with Crippen LogP contribution in [0.25, 0.3) is 0 Å². The van der Waals surface area contributed by atoms with Crippen LogP contribution in [0.1, 0.15) is 19.4 Å². The first kappa shape index (κ1) is 16.6. The van der Waals surface area contributed by atoms with Gasteiger partial charge in [-0.25, -0.2) is 0 Å². The molecule has 22 heavy (non-hydrogen) atoms. The Morgan fingerprint density at radius 2 is 1.86 bits per heavy atom. The van der Waals surface area contributed by atoms with Crippen molar-refractivity contribution >= 4 is 11.6 Å². The second-order valence-electron chi connectivity index (χ2n) is 6.44. The van der Waals surface area contributed by atoms with Crippen molar-refractivity contribution in [3.63, 3.8) is 0 Å². The van der Waals surface area contributed by atoms with Gasteiger partial charge in [-0.2, -0.15) is 0 Å². The first-order valence-corrected chi connectivity index (χ1v) is 7.88. The fourth-order valence-corrected chi connectivity index (χ4v) is 2.74. The summed E-state index contributed by atoms with van der Waals surface area (Å²) in [7, 11) is 4.17. The number of carbonyl (C=O) groups excluding carboxylic acids is 1. The van der Waals surface area contributed by atoms with Crippen molar-refractivity contribution in [2.24, 2.45) is 0 Å². The summed E-state index contributed by atoms with van der Waals surface area (Å²) in [5.74, 6) is 0.140. The number of nitrogens with zero attached hydrogens (tertiary/aromatic N) is 3. The quantitative estimate of drug-likeness (QED) is 0.799. The first-order chi connectivity index (χ1) is 10.5. The number of hydrogen-bond donors (Lipinski definition) is 0. The third-order valence-electron chi connectivity index (χ3n) is 3.78. The van der Waals surface area contributed by atoms with Gasteiger partial charge in [0.1, 0.15) is 0 Å². The predicted octanol–water partition coefficient (Wildman–Crippen LogP) is 2.36. The molecule has 4 nitrogen and oxygen atoms in total. The molecule has 0 spiro atoms. The number of hydrogen-bond acceptors (Lipinski definition) is 3. The van der Waals surface area contributed by atoms with Gasteiger partial charge in [0, 0.05) is 44.5 Å². The minimum atomic E-state index is 0.140. The Balaban J connectivity index is 1.97. The second-order valence-corrected chi connectivity index (χ2v) is 6.44. The minimum absolute atomic E-state index is 0.140. The molecular formula is C18H27N3O. The molecular weight excluding hydrogens is 274 g/mol. The third-order valence-corrected chi connectivity index (χ3v) is 3.78. The lowest BCUT2D eigenvalue weighted by atomic mass is 10.1. The highest BCUT2D eigenvalue weighted by Gasteiger charge is 2.20. The van der Waals surface area contributed by atoms with Crippen molar-refractivity contribution < 1.29 is 4.79 Å². The van der Waals surface area contributed by atoms with Crippen LogP contribution in [0.4, 0.5) is 5.69 Å². The van der Waals surface area contributed by atoms with Crippen molar-refractivity contribution in [2.45, 2.75) is 20.4 Å². The SMILES string of the molecule is CC(C)=CC(=O)N1CCN(c2cccc(CN(C)C)c2)CC1. The van der Waals surface area contributed by atoms with Gasteiger partial charge in [0.05, 0.1) is 0 Å². The molecule has 4 heteroatoms. The number of benzene rings is 1. The fraction of sp³-hybridized carbons (Fsp3) is 0.500. The zero-order chi connectivity index (χ0) is 16.1. The molecule has 0 saturated carbocycles. The number of piperazine rings is 1. The molecule has 1 aliphatic heterocycles. The Morgan fingerprint density at radius 1 is 1.18 bits per heavy atom. The standard InChI is InChI=1S/C18H27N3O/c1-15(2)12-18(22)21-10-8-20(9-11-21)17-7-5-6-16(13-17)14-19(3)4/h5-7,12-13H,8-11,14H2,1-4H3. The zero-order valence-corrected chi connectivity index (χ0v) is 14.2. The molecule has 1 amide bonds. The Morgan fingerprint density at radius 3 is 2.45 bits per heavy atom. The lowest BCUT2D eigenvalue weighted by Crippen LogP contribution is -2.48. The Kier molecular flexibility index (Phi) is 5.61. The highest BCUT2D eigenvalue weighted by Crippen LogP contribution is 2.19. The van der Waals surface area contributed by atoms with Crippen LogP contribution in [0.5, 0.6) is 0 Å². The summed E-state index contributed by atoms with van der Waals surface area (Å²) in [6.45, 7) is 8.25. The summed E-state index contributed by atoms with van der Waals surface area (Å²) in [5, 5.41) is 0. The van der Waals surface area contributed by atoms with Crippen LogP contribution in [0.15, 0.2) is 35.9 Å². The average molecular weight is 301 g/mol. The van der Waals surface area contributed by atoms with E-state index in [0.29, 0.717) is 0 Å². The summed E-state index contributed by atoms with van der Waals surface area (Å²) >= 11 is 0. The zero-order valence-electron chi connectivity index (χ0n) is 14.2. The first-order valence-electron chi connectivity index (χ1n) is 7.88. The van der Waals surface area contributed by atoms with E-state index in [1.165, 1.54) is 11.3 Å². The van der Waals surface area contributed by atoms with E-state index in [4.69, 9.17) is 0 Å². The second kappa shape index (κ2) is 7.45. The van der Waals surface area contributed by atoms with E-state index in [2.05, 4.69) is 48.2 Å². The Labute approximate surface area is 134 Å². The average Bonchev–Trinajstić information content (AvgIpc) is 2.46. The maximum Gasteiger partial charge on any atom is 0.246 e. The van der Waals surface area contributed by atoms with Gasteiger partial charge >= 0.3 is 0 Å². The molecule has 0 radical (unpaired) electrons. The van der Waals surface area contributed by atoms with Gasteiger partial charge in [0.15, 0.2) is 0 Å². The summed E-state index contributed by atoms with van der Waals surface area (Å²) in [6, 6.07) is 8.70. The smallest absolute Gasteiger partial charge is 0.246 e. The molecule has 120 valence electrons. The maximum atomic E-state index is 12.1. The van der Waals surface area contributed by atoms with Crippen LogP contribution in [0.2, 0.25) is 0 Å². The van der Waals surface area contributed by atoms with E-state index in [1.54, 1.807) is 6.08 Å². The molecule has 1 aliphatic rings. The van der Waals surface area contributed by atoms with Crippen LogP contribution >= 0.6 is 0 Å². The molecule has 1 fully saturated rings. The number of anilines is 1. The predicted molar refractivity (Wildman–Crippen MR) is 92.1 cm³/mol. The fourth-order valence-electron chi connectivity index (χ4n) is 2.74. The number of amides is 1. The molecule has 0 N–H and O–H groups in total. The van der Waals surface area contributed by atoms with Gasteiger partial charge in [-0.3, -0.25) is 4.79 Å². The maximum absolute atomic E-state index is 12.1. The normalized spacial score (nSPS) is 15.1. The van der Waals surface area contributed by atoms with Crippen LogP contribution < -0.4 is 4.90 Å². The molecule has 0 unspecified atom stereocenters. The molecule has 0 bridgehead atoms. The molecule has 0 aliphatic carbocycles. The molecule has 0 aromatic heterocycles. The Bertz CT molecular complexity index is 539. The molecule has 1 heterocycles. The van der Waals surface area contributed by atoms with E-state index >= 15 is 0 Å². The summed E-state index contributed by atoms with van der Waals surface area (Å²) < 4.78 is 0. The van der Waals surface area contributed by atoms with Crippen molar-refractivity contribution in [3.05, 3.63) is 41.5 Å².